The fourth-order valence-electron chi connectivity index (χ4n) is 0.554. The van der Waals surface area contributed by atoms with Gasteiger partial charge in [-0.1, -0.05) is 23.2 Å². The Bertz CT molecular complexity index is 195. The highest BCUT2D eigenvalue weighted by Crippen LogP contribution is 2.03. The Labute approximate surface area is 91.2 Å². The van der Waals surface area contributed by atoms with E-state index in [-0.39, 0.29) is 13.2 Å². The molecule has 7 heteroatoms. The van der Waals surface area contributed by atoms with E-state index < -0.39 is 23.6 Å². The topological polar surface area (TPSA) is 61.8 Å². The zero-order valence-electron chi connectivity index (χ0n) is 7.50. The fraction of sp³-hybridized carbons (Fsp3) is 0.714. The molecule has 0 aliphatic heterocycles. The van der Waals surface area contributed by atoms with E-state index in [0.29, 0.717) is 0 Å². The minimum atomic E-state index is -1.23. The van der Waals surface area contributed by atoms with Crippen molar-refractivity contribution in [3.8, 4) is 0 Å². The van der Waals surface area contributed by atoms with Gasteiger partial charge < -0.3 is 14.2 Å². The van der Waals surface area contributed by atoms with Crippen molar-refractivity contribution in [1.29, 1.82) is 0 Å². The highest BCUT2D eigenvalue weighted by molar-refractivity contribution is 6.43. The van der Waals surface area contributed by atoms with Crippen molar-refractivity contribution >= 4 is 35.1 Å². The minimum absolute atomic E-state index is 0.262. The quantitative estimate of drug-likeness (QED) is 0.513. The summed E-state index contributed by atoms with van der Waals surface area (Å²) in [6.07, 6.45) is 0. The van der Waals surface area contributed by atoms with Crippen LogP contribution in [-0.4, -0.2) is 36.8 Å². The summed E-state index contributed by atoms with van der Waals surface area (Å²) in [6.45, 7) is 1.22. The van der Waals surface area contributed by atoms with Crippen LogP contribution in [0.1, 0.15) is 6.92 Å². The van der Waals surface area contributed by atoms with Crippen LogP contribution in [0.15, 0.2) is 0 Å². The zero-order valence-corrected chi connectivity index (χ0v) is 9.01. The summed E-state index contributed by atoms with van der Waals surface area (Å²) < 4.78 is 13.5. The van der Waals surface area contributed by atoms with E-state index >= 15 is 0 Å². The van der Waals surface area contributed by atoms with Gasteiger partial charge in [0.2, 0.25) is 0 Å². The second kappa shape index (κ2) is 7.84. The van der Waals surface area contributed by atoms with Crippen molar-refractivity contribution in [2.24, 2.45) is 0 Å². The van der Waals surface area contributed by atoms with Gasteiger partial charge in [0.1, 0.15) is 13.2 Å². The van der Waals surface area contributed by atoms with E-state index in [9.17, 15) is 9.59 Å². The van der Waals surface area contributed by atoms with Crippen molar-refractivity contribution < 1.29 is 23.8 Å². The molecule has 0 atom stereocenters. The molecular weight excluding hydrogens is 235 g/mol. The van der Waals surface area contributed by atoms with Gasteiger partial charge in [-0.15, -0.1) is 0 Å². The van der Waals surface area contributed by atoms with Crippen LogP contribution in [0.4, 0.5) is 0 Å². The highest BCUT2D eigenvalue weighted by atomic mass is 35.5. The fourth-order valence-corrected chi connectivity index (χ4v) is 0.752. The molecule has 5 nitrogen and oxygen atoms in total. The van der Waals surface area contributed by atoms with E-state index in [2.05, 4.69) is 14.2 Å². The molecule has 14 heavy (non-hydrogen) atoms. The molecule has 0 spiro atoms. The van der Waals surface area contributed by atoms with E-state index in [1.807, 2.05) is 0 Å². The first-order chi connectivity index (χ1) is 6.56. The van der Waals surface area contributed by atoms with E-state index in [1.54, 1.807) is 6.92 Å². The third kappa shape index (κ3) is 8.10. The molecule has 0 saturated heterocycles. The molecule has 0 fully saturated rings. The second-order valence-corrected chi connectivity index (χ2v) is 3.06. The molecule has 0 heterocycles. The molecule has 0 aromatic heterocycles. The van der Waals surface area contributed by atoms with Crippen LogP contribution in [0, 0.1) is 0 Å². The van der Waals surface area contributed by atoms with Crippen LogP contribution in [-0.2, 0) is 23.8 Å². The minimum Gasteiger partial charge on any atom is -0.464 e. The van der Waals surface area contributed by atoms with Crippen LogP contribution in [0.5, 0.6) is 0 Å². The van der Waals surface area contributed by atoms with Gasteiger partial charge in [0.15, 0.2) is 0 Å². The van der Waals surface area contributed by atoms with Gasteiger partial charge in [-0.3, -0.25) is 0 Å². The molecule has 0 radical (unpaired) electrons. The zero-order chi connectivity index (χ0) is 11.0. The van der Waals surface area contributed by atoms with Gasteiger partial charge in [0.25, 0.3) is 5.02 Å². The molecule has 0 amide bonds. The number of carbonyl (C=O) groups is 2. The Balaban J connectivity index is 3.44. The van der Waals surface area contributed by atoms with Gasteiger partial charge in [-0.05, 0) is 6.92 Å². The summed E-state index contributed by atoms with van der Waals surface area (Å²) >= 11 is 10.3. The molecule has 0 unspecified atom stereocenters. The van der Waals surface area contributed by atoms with Gasteiger partial charge in [0, 0.05) is 0 Å². The first-order valence-electron chi connectivity index (χ1n) is 3.77. The number of halogens is 2. The van der Waals surface area contributed by atoms with Crippen molar-refractivity contribution in [3.05, 3.63) is 0 Å². The normalized spacial score (nSPS) is 10.0. The Morgan fingerprint density at radius 2 is 1.79 bits per heavy atom. The second-order valence-electron chi connectivity index (χ2n) is 2.05. The lowest BCUT2D eigenvalue weighted by atomic mass is 10.7. The van der Waals surface area contributed by atoms with Crippen molar-refractivity contribution in [3.63, 3.8) is 0 Å². The number of hydrogen-bond acceptors (Lipinski definition) is 5. The first kappa shape index (κ1) is 13.5. The van der Waals surface area contributed by atoms with E-state index in [1.165, 1.54) is 0 Å². The Kier molecular flexibility index (Phi) is 7.55. The van der Waals surface area contributed by atoms with Gasteiger partial charge in [-0.2, -0.15) is 0 Å². The van der Waals surface area contributed by atoms with Gasteiger partial charge in [-0.25, -0.2) is 9.59 Å². The summed E-state index contributed by atoms with van der Waals surface area (Å²) in [5, 5.41) is -1.23. The molecule has 0 aliphatic carbocycles. The maximum absolute atomic E-state index is 10.7. The predicted molar refractivity (Wildman–Crippen MR) is 49.0 cm³/mol. The third-order valence-electron chi connectivity index (χ3n) is 0.966. The van der Waals surface area contributed by atoms with Gasteiger partial charge in [0.05, 0.1) is 6.61 Å². The first-order valence-corrected chi connectivity index (χ1v) is 4.64. The molecule has 82 valence electrons. The lowest BCUT2D eigenvalue weighted by Gasteiger charge is -2.05. The number of alkyl halides is 2. The number of esters is 2. The molecule has 0 N–H and O–H groups in total. The number of hydrogen-bond donors (Lipinski definition) is 0. The molecule has 0 aliphatic rings. The van der Waals surface area contributed by atoms with Crippen molar-refractivity contribution in [2.75, 3.05) is 19.8 Å². The molecule has 0 bridgehead atoms. The van der Waals surface area contributed by atoms with Crippen molar-refractivity contribution in [2.45, 2.75) is 11.9 Å². The van der Waals surface area contributed by atoms with Crippen LogP contribution >= 0.6 is 23.2 Å². The molecular formula is C7H10Cl2O5. The van der Waals surface area contributed by atoms with Crippen LogP contribution in [0.25, 0.3) is 0 Å². The molecule has 0 aromatic carbocycles. The van der Waals surface area contributed by atoms with Crippen LogP contribution in [0.2, 0.25) is 0 Å². The maximum atomic E-state index is 10.7. The summed E-state index contributed by atoms with van der Waals surface area (Å²) in [5.41, 5.74) is 0. The average Bonchev–Trinajstić information content (AvgIpc) is 2.02. The number of ether oxygens (including phenoxy) is 3. The summed E-state index contributed by atoms with van der Waals surface area (Å²) in [4.78, 5) is 21.4. The summed E-state index contributed by atoms with van der Waals surface area (Å²) in [7, 11) is 0. The molecule has 0 aromatic rings. The molecule has 0 saturated carbocycles. The average molecular weight is 245 g/mol. The SMILES string of the molecule is CCOC(=O)COCC(=O)OC(Cl)Cl. The predicted octanol–water partition coefficient (Wildman–Crippen LogP) is 0.870. The molecule has 0 rings (SSSR count). The highest BCUT2D eigenvalue weighted by Gasteiger charge is 2.09. The Hall–Kier alpha value is -0.520. The van der Waals surface area contributed by atoms with Gasteiger partial charge >= 0.3 is 11.9 Å². The maximum Gasteiger partial charge on any atom is 0.334 e. The largest absolute Gasteiger partial charge is 0.464 e. The monoisotopic (exact) mass is 244 g/mol. The Morgan fingerprint density at radius 1 is 1.21 bits per heavy atom. The number of rotatable bonds is 6. The van der Waals surface area contributed by atoms with Crippen molar-refractivity contribution in [1.82, 2.24) is 0 Å². The lowest BCUT2D eigenvalue weighted by Crippen LogP contribution is -2.19. The summed E-state index contributed by atoms with van der Waals surface area (Å²) in [6, 6.07) is 0. The van der Waals surface area contributed by atoms with Crippen LogP contribution < -0.4 is 0 Å². The van der Waals surface area contributed by atoms with Crippen LogP contribution in [0.3, 0.4) is 0 Å². The van der Waals surface area contributed by atoms with E-state index in [0.717, 1.165) is 0 Å². The third-order valence-corrected chi connectivity index (χ3v) is 1.14. The summed E-state index contributed by atoms with van der Waals surface area (Å²) in [5.74, 6) is -1.29. The Morgan fingerprint density at radius 3 is 2.29 bits per heavy atom. The lowest BCUT2D eigenvalue weighted by molar-refractivity contribution is -0.154. The standard InChI is InChI=1S/C7H10Cl2O5/c1-2-13-5(10)3-12-4-6(11)14-7(8)9/h7H,2-4H2,1H3. The van der Waals surface area contributed by atoms with E-state index in [4.69, 9.17) is 23.2 Å². The smallest absolute Gasteiger partial charge is 0.334 e. The number of carbonyl (C=O) groups excluding carboxylic acids is 2.